The molecule has 1 amide bonds. The van der Waals surface area contributed by atoms with E-state index >= 15 is 0 Å². The molecule has 27 heavy (non-hydrogen) atoms. The summed E-state index contributed by atoms with van der Waals surface area (Å²) in [5.74, 6) is 0.783. The molecule has 0 aromatic heterocycles. The van der Waals surface area contributed by atoms with Crippen molar-refractivity contribution in [3.8, 4) is 0 Å². The summed E-state index contributed by atoms with van der Waals surface area (Å²) in [5.41, 5.74) is -0.476. The van der Waals surface area contributed by atoms with E-state index in [1.165, 1.54) is 13.0 Å². The highest BCUT2D eigenvalue weighted by atomic mass is 127. The molecule has 3 N–H and O–H groups in total. The van der Waals surface area contributed by atoms with Crippen LogP contribution < -0.4 is 16.0 Å². The second-order valence-corrected chi connectivity index (χ2v) is 7.61. The molecule has 1 fully saturated rings. The third-order valence-electron chi connectivity index (χ3n) is 3.93. The Morgan fingerprint density at radius 2 is 1.78 bits per heavy atom. The SMILES string of the molecule is CCNC(=NCCN1CCCN(C)CC1)NCCNC(=O)OC(C)(C)C.I. The first-order valence-corrected chi connectivity index (χ1v) is 9.70. The summed E-state index contributed by atoms with van der Waals surface area (Å²) >= 11 is 0. The van der Waals surface area contributed by atoms with E-state index in [9.17, 15) is 4.79 Å². The molecular formula is C18H39IN6O2. The number of ether oxygens (including phenoxy) is 1. The number of hydrogen-bond donors (Lipinski definition) is 3. The molecule has 9 heteroatoms. The smallest absolute Gasteiger partial charge is 0.407 e. The quantitative estimate of drug-likeness (QED) is 0.213. The van der Waals surface area contributed by atoms with Crippen molar-refractivity contribution >= 4 is 36.0 Å². The van der Waals surface area contributed by atoms with Gasteiger partial charge in [-0.15, -0.1) is 24.0 Å². The van der Waals surface area contributed by atoms with Crippen LogP contribution in [0.25, 0.3) is 0 Å². The van der Waals surface area contributed by atoms with Gasteiger partial charge in [0.25, 0.3) is 0 Å². The van der Waals surface area contributed by atoms with E-state index in [1.54, 1.807) is 0 Å². The van der Waals surface area contributed by atoms with E-state index in [0.29, 0.717) is 13.1 Å². The first kappa shape index (κ1) is 26.2. The van der Waals surface area contributed by atoms with Crippen LogP contribution in [0.4, 0.5) is 4.79 Å². The van der Waals surface area contributed by atoms with Crippen LogP contribution in [0.1, 0.15) is 34.1 Å². The lowest BCUT2D eigenvalue weighted by Gasteiger charge is -2.20. The Balaban J connectivity index is 0.00000676. The Bertz CT molecular complexity index is 442. The van der Waals surface area contributed by atoms with Gasteiger partial charge >= 0.3 is 6.09 Å². The van der Waals surface area contributed by atoms with Crippen LogP contribution >= 0.6 is 24.0 Å². The van der Waals surface area contributed by atoms with Gasteiger partial charge in [-0.3, -0.25) is 4.99 Å². The summed E-state index contributed by atoms with van der Waals surface area (Å²) in [6.45, 7) is 15.8. The minimum atomic E-state index is -0.476. The molecule has 0 aliphatic carbocycles. The topological polar surface area (TPSA) is 81.2 Å². The van der Waals surface area contributed by atoms with Crippen LogP contribution in [-0.4, -0.2) is 93.4 Å². The van der Waals surface area contributed by atoms with Gasteiger partial charge in [-0.1, -0.05) is 0 Å². The average molecular weight is 498 g/mol. The van der Waals surface area contributed by atoms with Crippen molar-refractivity contribution < 1.29 is 9.53 Å². The van der Waals surface area contributed by atoms with E-state index in [4.69, 9.17) is 4.74 Å². The zero-order chi connectivity index (χ0) is 19.4. The maximum Gasteiger partial charge on any atom is 0.407 e. The molecule has 0 aromatic rings. The molecule has 0 saturated carbocycles. The molecule has 1 heterocycles. The van der Waals surface area contributed by atoms with Crippen LogP contribution in [0.15, 0.2) is 4.99 Å². The molecule has 0 radical (unpaired) electrons. The summed E-state index contributed by atoms with van der Waals surface area (Å²) in [6.07, 6.45) is 0.821. The first-order valence-electron chi connectivity index (χ1n) is 9.70. The lowest BCUT2D eigenvalue weighted by molar-refractivity contribution is 0.0529. The van der Waals surface area contributed by atoms with Gasteiger partial charge in [0.2, 0.25) is 0 Å². The fourth-order valence-corrected chi connectivity index (χ4v) is 2.63. The lowest BCUT2D eigenvalue weighted by atomic mass is 10.2. The predicted molar refractivity (Wildman–Crippen MR) is 122 cm³/mol. The van der Waals surface area contributed by atoms with E-state index in [2.05, 4.69) is 37.8 Å². The number of nitrogens with zero attached hydrogens (tertiary/aromatic N) is 3. The van der Waals surface area contributed by atoms with Crippen molar-refractivity contribution in [1.29, 1.82) is 0 Å². The lowest BCUT2D eigenvalue weighted by Crippen LogP contribution is -2.42. The number of carbonyl (C=O) groups excluding carboxylic acids is 1. The number of nitrogens with one attached hydrogen (secondary N) is 3. The van der Waals surface area contributed by atoms with Crippen molar-refractivity contribution in [3.63, 3.8) is 0 Å². The molecule has 160 valence electrons. The average Bonchev–Trinajstić information content (AvgIpc) is 2.74. The molecule has 0 aromatic carbocycles. The largest absolute Gasteiger partial charge is 0.444 e. The van der Waals surface area contributed by atoms with Crippen molar-refractivity contribution in [2.45, 2.75) is 39.7 Å². The van der Waals surface area contributed by atoms with Crippen LogP contribution in [0, 0.1) is 0 Å². The molecule has 0 atom stereocenters. The highest BCUT2D eigenvalue weighted by molar-refractivity contribution is 14.0. The Morgan fingerprint density at radius 1 is 1.07 bits per heavy atom. The summed E-state index contributed by atoms with van der Waals surface area (Å²) in [7, 11) is 2.18. The van der Waals surface area contributed by atoms with Crippen molar-refractivity contribution in [1.82, 2.24) is 25.8 Å². The predicted octanol–water partition coefficient (Wildman–Crippen LogP) is 1.32. The molecule has 1 aliphatic rings. The monoisotopic (exact) mass is 498 g/mol. The van der Waals surface area contributed by atoms with Crippen LogP contribution in [-0.2, 0) is 4.74 Å². The standard InChI is InChI=1S/C18H38N6O2.HI/c1-6-19-16(20-8-9-22-17(25)26-18(2,3)4)21-10-13-24-12-7-11-23(5)14-15-24;/h6-15H2,1-5H3,(H,22,25)(H2,19,20,21);1H. The Morgan fingerprint density at radius 3 is 2.44 bits per heavy atom. The molecular weight excluding hydrogens is 459 g/mol. The first-order chi connectivity index (χ1) is 12.3. The molecule has 1 saturated heterocycles. The Hall–Kier alpha value is -0.810. The van der Waals surface area contributed by atoms with Gasteiger partial charge in [0.05, 0.1) is 6.54 Å². The maximum atomic E-state index is 11.6. The van der Waals surface area contributed by atoms with Crippen LogP contribution in [0.2, 0.25) is 0 Å². The summed E-state index contributed by atoms with van der Waals surface area (Å²) in [5, 5.41) is 9.21. The zero-order valence-corrected chi connectivity index (χ0v) is 20.0. The van der Waals surface area contributed by atoms with E-state index in [1.807, 2.05) is 27.7 Å². The van der Waals surface area contributed by atoms with E-state index in [-0.39, 0.29) is 24.0 Å². The number of aliphatic imine (C=N–C) groups is 1. The van der Waals surface area contributed by atoms with E-state index < -0.39 is 11.7 Å². The highest BCUT2D eigenvalue weighted by Gasteiger charge is 2.15. The molecule has 1 rings (SSSR count). The van der Waals surface area contributed by atoms with Gasteiger partial charge in [-0.25, -0.2) is 4.79 Å². The fourth-order valence-electron chi connectivity index (χ4n) is 2.63. The van der Waals surface area contributed by atoms with Gasteiger partial charge in [0.15, 0.2) is 5.96 Å². The van der Waals surface area contributed by atoms with Gasteiger partial charge < -0.3 is 30.5 Å². The molecule has 1 aliphatic heterocycles. The number of rotatable bonds is 7. The van der Waals surface area contributed by atoms with Gasteiger partial charge in [-0.05, 0) is 54.3 Å². The highest BCUT2D eigenvalue weighted by Crippen LogP contribution is 2.06. The van der Waals surface area contributed by atoms with E-state index in [0.717, 1.165) is 45.2 Å². The third-order valence-corrected chi connectivity index (χ3v) is 3.93. The molecule has 0 spiro atoms. The Labute approximate surface area is 181 Å². The second kappa shape index (κ2) is 14.2. The number of amides is 1. The summed E-state index contributed by atoms with van der Waals surface area (Å²) in [4.78, 5) is 21.1. The number of guanidine groups is 1. The number of alkyl carbamates (subject to hydrolysis) is 1. The van der Waals surface area contributed by atoms with Gasteiger partial charge in [-0.2, -0.15) is 0 Å². The number of halogens is 1. The van der Waals surface area contributed by atoms with Crippen LogP contribution in [0.3, 0.4) is 0 Å². The van der Waals surface area contributed by atoms with Crippen molar-refractivity contribution in [2.24, 2.45) is 4.99 Å². The fraction of sp³-hybridized carbons (Fsp3) is 0.889. The number of likely N-dealkylation sites (N-methyl/N-ethyl adjacent to an activating group) is 1. The summed E-state index contributed by atoms with van der Waals surface area (Å²) in [6, 6.07) is 0. The van der Waals surface area contributed by atoms with Crippen LogP contribution in [0.5, 0.6) is 0 Å². The Kier molecular flexibility index (Phi) is 13.8. The minimum Gasteiger partial charge on any atom is -0.444 e. The number of hydrogen-bond acceptors (Lipinski definition) is 5. The molecule has 8 nitrogen and oxygen atoms in total. The molecule has 0 unspecified atom stereocenters. The maximum absolute atomic E-state index is 11.6. The zero-order valence-electron chi connectivity index (χ0n) is 17.6. The molecule has 0 bridgehead atoms. The summed E-state index contributed by atoms with van der Waals surface area (Å²) < 4.78 is 5.21. The van der Waals surface area contributed by atoms with Crippen molar-refractivity contribution in [2.75, 3.05) is 66.0 Å². The van der Waals surface area contributed by atoms with Gasteiger partial charge in [0, 0.05) is 39.3 Å². The normalized spacial score (nSPS) is 16.9. The third kappa shape index (κ3) is 13.9. The minimum absolute atomic E-state index is 0. The van der Waals surface area contributed by atoms with Gasteiger partial charge in [0.1, 0.15) is 5.60 Å². The second-order valence-electron chi connectivity index (χ2n) is 7.61. The number of carbonyl (C=O) groups is 1. The van der Waals surface area contributed by atoms with Crippen molar-refractivity contribution in [3.05, 3.63) is 0 Å².